The highest BCUT2D eigenvalue weighted by Crippen LogP contribution is 2.29. The van der Waals surface area contributed by atoms with E-state index >= 15 is 0 Å². The zero-order valence-corrected chi connectivity index (χ0v) is 33.3. The number of piperidine rings is 1. The minimum atomic E-state index is -0.815. The van der Waals surface area contributed by atoms with E-state index in [2.05, 4.69) is 17.0 Å². The third kappa shape index (κ3) is 17.8. The fourth-order valence-corrected chi connectivity index (χ4v) is 5.70. The molecule has 1 amide bonds. The lowest BCUT2D eigenvalue weighted by Gasteiger charge is -2.29. The molecule has 1 fully saturated rings. The SMILES string of the molecule is COCCCOc1cc(CO)cc(OC)c1.COc1ccc(CO[N+](=O)[O-])cc1.COc1ccccc1COCCCOc1ccc(C2CCN(C=O)CC2)cc1. The van der Waals surface area contributed by atoms with E-state index < -0.39 is 5.09 Å². The molecule has 57 heavy (non-hydrogen) atoms. The van der Waals surface area contributed by atoms with Crippen LogP contribution in [0.15, 0.2) is 91.0 Å². The van der Waals surface area contributed by atoms with Crippen molar-refractivity contribution in [3.63, 3.8) is 0 Å². The summed E-state index contributed by atoms with van der Waals surface area (Å²) in [6.07, 6.45) is 4.68. The molecule has 1 saturated heterocycles. The van der Waals surface area contributed by atoms with Crippen LogP contribution in [0.4, 0.5) is 0 Å². The van der Waals surface area contributed by atoms with Gasteiger partial charge >= 0.3 is 0 Å². The maximum Gasteiger partial charge on any atom is 0.294 e. The summed E-state index contributed by atoms with van der Waals surface area (Å²) in [5, 5.41) is 18.1. The van der Waals surface area contributed by atoms with Crippen LogP contribution in [-0.2, 0) is 38.9 Å². The lowest BCUT2D eigenvalue weighted by Crippen LogP contribution is -2.31. The second-order valence-corrected chi connectivity index (χ2v) is 12.8. The summed E-state index contributed by atoms with van der Waals surface area (Å²) >= 11 is 0. The Morgan fingerprint density at radius 1 is 0.719 bits per heavy atom. The number of benzene rings is 4. The average molecular weight is 793 g/mol. The normalized spacial score (nSPS) is 12.2. The highest BCUT2D eigenvalue weighted by molar-refractivity contribution is 5.47. The number of aliphatic hydroxyl groups is 1. The third-order valence-corrected chi connectivity index (χ3v) is 8.80. The molecule has 1 aliphatic heterocycles. The molecule has 14 nitrogen and oxygen atoms in total. The molecular weight excluding hydrogens is 736 g/mol. The largest absolute Gasteiger partial charge is 0.497 e. The zero-order chi connectivity index (χ0) is 41.1. The number of hydrogen-bond acceptors (Lipinski definition) is 12. The van der Waals surface area contributed by atoms with Gasteiger partial charge in [-0.2, -0.15) is 0 Å². The lowest BCUT2D eigenvalue weighted by molar-refractivity contribution is -0.763. The summed E-state index contributed by atoms with van der Waals surface area (Å²) in [7, 11) is 6.48. The van der Waals surface area contributed by atoms with Crippen LogP contribution in [0.25, 0.3) is 0 Å². The minimum absolute atomic E-state index is 0.0222. The lowest BCUT2D eigenvalue weighted by atomic mass is 9.90. The molecule has 0 unspecified atom stereocenters. The number of carbonyl (C=O) groups is 1. The first-order valence-electron chi connectivity index (χ1n) is 18.7. The maximum absolute atomic E-state index is 10.8. The molecule has 14 heteroatoms. The van der Waals surface area contributed by atoms with Crippen LogP contribution in [0.2, 0.25) is 0 Å². The van der Waals surface area contributed by atoms with E-state index in [1.54, 1.807) is 70.9 Å². The number of ether oxygens (including phenoxy) is 7. The fraction of sp³-hybridized carbons (Fsp3) is 0.419. The Hall–Kier alpha value is -5.57. The van der Waals surface area contributed by atoms with Gasteiger partial charge in [0.15, 0.2) is 0 Å². The van der Waals surface area contributed by atoms with Crippen molar-refractivity contribution in [3.8, 4) is 28.7 Å². The van der Waals surface area contributed by atoms with Crippen LogP contribution >= 0.6 is 0 Å². The number of methoxy groups -OCH3 is 4. The maximum atomic E-state index is 10.8. The van der Waals surface area contributed by atoms with Crippen molar-refractivity contribution in [2.45, 2.75) is 51.4 Å². The standard InChI is InChI=1S/C23H29NO4.C12H18O4.C8H9NO4/c1-26-23-6-3-2-5-21(23)17-27-15-4-16-28-22-9-7-19(8-10-22)20-11-13-24(18-25)14-12-20;1-14-4-3-5-16-12-7-10(9-13)6-11(8-12)15-2;1-12-8-4-2-7(3-5-8)6-13-9(10)11/h2-3,5-10,18,20H,4,11-17H2,1H3;6-8,13H,3-5,9H2,1-2H3;2-5H,6H2,1H3. The van der Waals surface area contributed by atoms with Crippen molar-refractivity contribution in [2.75, 3.05) is 68.0 Å². The number of rotatable bonds is 21. The number of carbonyl (C=O) groups excluding carboxylic acids is 1. The Bertz CT molecular complexity index is 1680. The molecule has 0 saturated carbocycles. The van der Waals surface area contributed by atoms with Gasteiger partial charge in [-0.1, -0.05) is 42.5 Å². The molecule has 1 heterocycles. The van der Waals surface area contributed by atoms with E-state index in [0.29, 0.717) is 56.2 Å². The number of amides is 1. The van der Waals surface area contributed by atoms with E-state index in [0.717, 1.165) is 73.4 Å². The summed E-state index contributed by atoms with van der Waals surface area (Å²) in [6.45, 7) is 4.73. The monoisotopic (exact) mass is 792 g/mol. The van der Waals surface area contributed by atoms with Crippen molar-refractivity contribution < 1.29 is 53.0 Å². The molecular formula is C43H56N2O12. The molecule has 0 spiro atoms. The molecule has 0 atom stereocenters. The molecule has 1 aliphatic rings. The van der Waals surface area contributed by atoms with Crippen molar-refractivity contribution in [1.29, 1.82) is 0 Å². The second kappa shape index (κ2) is 27.1. The first-order chi connectivity index (χ1) is 27.8. The van der Waals surface area contributed by atoms with Crippen molar-refractivity contribution in [3.05, 3.63) is 123 Å². The zero-order valence-electron chi connectivity index (χ0n) is 33.3. The molecule has 0 radical (unpaired) electrons. The Balaban J connectivity index is 0.000000254. The van der Waals surface area contributed by atoms with Crippen LogP contribution in [0.3, 0.4) is 0 Å². The molecule has 4 aromatic carbocycles. The molecule has 1 N–H and O–H groups in total. The summed E-state index contributed by atoms with van der Waals surface area (Å²) in [6, 6.07) is 28.5. The van der Waals surface area contributed by atoms with Gasteiger partial charge in [0.2, 0.25) is 6.41 Å². The Morgan fingerprint density at radius 3 is 1.96 bits per heavy atom. The number of nitrogens with zero attached hydrogens (tertiary/aromatic N) is 2. The molecule has 0 bridgehead atoms. The van der Waals surface area contributed by atoms with E-state index in [4.69, 9.17) is 38.3 Å². The molecule has 5 rings (SSSR count). The van der Waals surface area contributed by atoms with Gasteiger partial charge in [0.1, 0.15) is 35.4 Å². The molecule has 310 valence electrons. The van der Waals surface area contributed by atoms with Gasteiger partial charge in [-0.15, -0.1) is 10.1 Å². The van der Waals surface area contributed by atoms with Gasteiger partial charge in [-0.25, -0.2) is 0 Å². The van der Waals surface area contributed by atoms with E-state index in [1.165, 1.54) is 5.56 Å². The van der Waals surface area contributed by atoms with Gasteiger partial charge in [0, 0.05) is 51.3 Å². The number of hydrogen-bond donors (Lipinski definition) is 1. The third-order valence-electron chi connectivity index (χ3n) is 8.80. The number of para-hydroxylation sites is 1. The Morgan fingerprint density at radius 2 is 1.35 bits per heavy atom. The topological polar surface area (TPSA) is 158 Å². The van der Waals surface area contributed by atoms with Gasteiger partial charge < -0.3 is 48.0 Å². The van der Waals surface area contributed by atoms with Crippen molar-refractivity contribution in [1.82, 2.24) is 4.90 Å². The predicted molar refractivity (Wildman–Crippen MR) is 214 cm³/mol. The van der Waals surface area contributed by atoms with E-state index in [9.17, 15) is 14.9 Å². The summed E-state index contributed by atoms with van der Waals surface area (Å²) in [5.41, 5.74) is 3.90. The van der Waals surface area contributed by atoms with Crippen LogP contribution in [0.5, 0.6) is 28.7 Å². The quantitative estimate of drug-likeness (QED) is 0.0399. The fourth-order valence-electron chi connectivity index (χ4n) is 5.70. The summed E-state index contributed by atoms with van der Waals surface area (Å²) in [4.78, 5) is 26.7. The van der Waals surface area contributed by atoms with Crippen LogP contribution in [0.1, 0.15) is 53.9 Å². The van der Waals surface area contributed by atoms with Gasteiger partial charge in [-0.05, 0) is 77.9 Å². The van der Waals surface area contributed by atoms with Crippen molar-refractivity contribution >= 4 is 6.41 Å². The summed E-state index contributed by atoms with van der Waals surface area (Å²) in [5.74, 6) is 4.39. The Kier molecular flexibility index (Phi) is 21.8. The highest BCUT2D eigenvalue weighted by atomic mass is 16.9. The second-order valence-electron chi connectivity index (χ2n) is 12.8. The Labute approximate surface area is 335 Å². The van der Waals surface area contributed by atoms with Crippen LogP contribution in [0, 0.1) is 10.1 Å². The average Bonchev–Trinajstić information content (AvgIpc) is 3.26. The van der Waals surface area contributed by atoms with Crippen molar-refractivity contribution in [2.24, 2.45) is 0 Å². The van der Waals surface area contributed by atoms with Gasteiger partial charge in [0.05, 0.1) is 54.4 Å². The van der Waals surface area contributed by atoms with Crippen LogP contribution in [-0.4, -0.2) is 89.5 Å². The van der Waals surface area contributed by atoms with Gasteiger partial charge in [0.25, 0.3) is 5.09 Å². The highest BCUT2D eigenvalue weighted by Gasteiger charge is 2.19. The van der Waals surface area contributed by atoms with E-state index in [-0.39, 0.29) is 13.2 Å². The predicted octanol–water partition coefficient (Wildman–Crippen LogP) is 7.02. The first kappa shape index (κ1) is 45.8. The smallest absolute Gasteiger partial charge is 0.294 e. The van der Waals surface area contributed by atoms with E-state index in [1.807, 2.05) is 41.3 Å². The number of likely N-dealkylation sites (tertiary alicyclic amines) is 1. The molecule has 4 aromatic rings. The minimum Gasteiger partial charge on any atom is -0.497 e. The van der Waals surface area contributed by atoms with Gasteiger partial charge in [-0.3, -0.25) is 4.79 Å². The summed E-state index contributed by atoms with van der Waals surface area (Å²) < 4.78 is 37.3. The molecule has 0 aliphatic carbocycles. The number of aliphatic hydroxyl groups excluding tert-OH is 1. The molecule has 0 aromatic heterocycles. The first-order valence-corrected chi connectivity index (χ1v) is 18.7. The van der Waals surface area contributed by atoms with Crippen LogP contribution < -0.4 is 23.7 Å².